The summed E-state index contributed by atoms with van der Waals surface area (Å²) in [5.41, 5.74) is 5.14. The van der Waals surface area contributed by atoms with E-state index in [4.69, 9.17) is 11.6 Å². The number of carbonyl (C=O) groups is 1. The Hall–Kier alpha value is -2.79. The van der Waals surface area contributed by atoms with Crippen LogP contribution < -0.4 is 9.80 Å². The van der Waals surface area contributed by atoms with Gasteiger partial charge in [-0.05, 0) is 49.9 Å². The van der Waals surface area contributed by atoms with Crippen LogP contribution in [-0.4, -0.2) is 55.1 Å². The fourth-order valence-electron chi connectivity index (χ4n) is 4.99. The van der Waals surface area contributed by atoms with Crippen molar-refractivity contribution < 1.29 is 4.79 Å². The van der Waals surface area contributed by atoms with Crippen LogP contribution in [0.1, 0.15) is 35.2 Å². The number of fused-ring (bicyclic) bond motifs is 1. The number of amides is 1. The van der Waals surface area contributed by atoms with Crippen LogP contribution in [0.5, 0.6) is 0 Å². The van der Waals surface area contributed by atoms with Crippen molar-refractivity contribution in [2.45, 2.75) is 26.2 Å². The molecule has 0 spiro atoms. The van der Waals surface area contributed by atoms with Crippen molar-refractivity contribution in [1.29, 1.82) is 0 Å². The van der Waals surface area contributed by atoms with Gasteiger partial charge in [0.05, 0.1) is 16.8 Å². The van der Waals surface area contributed by atoms with Crippen LogP contribution in [0, 0.1) is 6.92 Å². The average Bonchev–Trinajstić information content (AvgIpc) is 2.85. The van der Waals surface area contributed by atoms with Crippen molar-refractivity contribution in [2.75, 3.05) is 49.1 Å². The summed E-state index contributed by atoms with van der Waals surface area (Å²) in [6.45, 7) is 7.27. The van der Waals surface area contributed by atoms with Gasteiger partial charge in [0.25, 0.3) is 5.91 Å². The van der Waals surface area contributed by atoms with E-state index in [-0.39, 0.29) is 5.91 Å². The van der Waals surface area contributed by atoms with Gasteiger partial charge in [0.2, 0.25) is 0 Å². The van der Waals surface area contributed by atoms with E-state index in [1.807, 2.05) is 29.2 Å². The SMILES string of the molecule is Cc1ccc(Cl)cc1N1CCN(c2c(C(=O)N3CCCCC3)cnc3ccccc23)CC1. The number of hydrogen-bond acceptors (Lipinski definition) is 4. The quantitative estimate of drug-likeness (QED) is 0.555. The molecule has 0 atom stereocenters. The van der Waals surface area contributed by atoms with Crippen molar-refractivity contribution in [3.8, 4) is 0 Å². The van der Waals surface area contributed by atoms with Gasteiger partial charge in [-0.2, -0.15) is 0 Å². The first-order chi connectivity index (χ1) is 15.6. The van der Waals surface area contributed by atoms with Gasteiger partial charge in [-0.25, -0.2) is 0 Å². The molecule has 2 aromatic carbocycles. The molecule has 2 aliphatic rings. The highest BCUT2D eigenvalue weighted by atomic mass is 35.5. The summed E-state index contributed by atoms with van der Waals surface area (Å²) in [6.07, 6.45) is 5.17. The Balaban J connectivity index is 1.46. The maximum Gasteiger partial charge on any atom is 0.257 e. The molecule has 5 rings (SSSR count). The van der Waals surface area contributed by atoms with Gasteiger partial charge < -0.3 is 14.7 Å². The minimum Gasteiger partial charge on any atom is -0.368 e. The molecule has 166 valence electrons. The molecule has 0 N–H and O–H groups in total. The molecule has 2 fully saturated rings. The number of pyridine rings is 1. The average molecular weight is 449 g/mol. The van der Waals surface area contributed by atoms with Crippen LogP contribution in [0.4, 0.5) is 11.4 Å². The number of halogens is 1. The van der Waals surface area contributed by atoms with Crippen molar-refractivity contribution in [3.05, 3.63) is 64.8 Å². The Kier molecular flexibility index (Phi) is 5.92. The summed E-state index contributed by atoms with van der Waals surface area (Å²) in [4.78, 5) is 24.9. The predicted octanol–water partition coefficient (Wildman–Crippen LogP) is 5.15. The van der Waals surface area contributed by atoms with Crippen LogP contribution in [-0.2, 0) is 0 Å². The minimum absolute atomic E-state index is 0.117. The first kappa shape index (κ1) is 21.1. The van der Waals surface area contributed by atoms with Crippen molar-refractivity contribution in [2.24, 2.45) is 0 Å². The van der Waals surface area contributed by atoms with Gasteiger partial charge in [0.15, 0.2) is 0 Å². The lowest BCUT2D eigenvalue weighted by molar-refractivity contribution is 0.0724. The highest BCUT2D eigenvalue weighted by Gasteiger charge is 2.27. The first-order valence-electron chi connectivity index (χ1n) is 11.5. The van der Waals surface area contributed by atoms with Gasteiger partial charge in [-0.15, -0.1) is 0 Å². The molecule has 3 heterocycles. The first-order valence-corrected chi connectivity index (χ1v) is 11.9. The monoisotopic (exact) mass is 448 g/mol. The summed E-state index contributed by atoms with van der Waals surface area (Å²) >= 11 is 6.27. The Morgan fingerprint density at radius 2 is 1.62 bits per heavy atom. The summed E-state index contributed by atoms with van der Waals surface area (Å²) in [7, 11) is 0. The molecule has 6 heteroatoms. The number of nitrogens with zero attached hydrogens (tertiary/aromatic N) is 4. The highest BCUT2D eigenvalue weighted by Crippen LogP contribution is 2.33. The molecule has 0 bridgehead atoms. The fraction of sp³-hybridized carbons (Fsp3) is 0.385. The largest absolute Gasteiger partial charge is 0.368 e. The number of hydrogen-bond donors (Lipinski definition) is 0. The van der Waals surface area contributed by atoms with E-state index in [1.165, 1.54) is 17.7 Å². The lowest BCUT2D eigenvalue weighted by Crippen LogP contribution is -2.47. The number of rotatable bonds is 3. The zero-order chi connectivity index (χ0) is 22.1. The molecule has 1 aromatic heterocycles. The number of aromatic nitrogens is 1. The second-order valence-corrected chi connectivity index (χ2v) is 9.23. The maximum absolute atomic E-state index is 13.5. The number of benzene rings is 2. The summed E-state index contributed by atoms with van der Waals surface area (Å²) in [6, 6.07) is 14.2. The van der Waals surface area contributed by atoms with Crippen LogP contribution in [0.15, 0.2) is 48.7 Å². The second kappa shape index (κ2) is 8.99. The minimum atomic E-state index is 0.117. The zero-order valence-corrected chi connectivity index (χ0v) is 19.3. The number of piperidine rings is 1. The molecular formula is C26H29ClN4O. The fourth-order valence-corrected chi connectivity index (χ4v) is 5.15. The molecule has 0 unspecified atom stereocenters. The van der Waals surface area contributed by atoms with Gasteiger partial charge >= 0.3 is 0 Å². The van der Waals surface area contributed by atoms with Crippen LogP contribution in [0.3, 0.4) is 0 Å². The van der Waals surface area contributed by atoms with E-state index in [0.717, 1.165) is 79.3 Å². The molecule has 2 saturated heterocycles. The lowest BCUT2D eigenvalue weighted by Gasteiger charge is -2.39. The molecule has 32 heavy (non-hydrogen) atoms. The third kappa shape index (κ3) is 4.02. The third-order valence-electron chi connectivity index (χ3n) is 6.73. The Morgan fingerprint density at radius 1 is 0.906 bits per heavy atom. The maximum atomic E-state index is 13.5. The van der Waals surface area contributed by atoms with E-state index in [2.05, 4.69) is 39.9 Å². The Labute approximate surface area is 194 Å². The summed E-state index contributed by atoms with van der Waals surface area (Å²) in [5.74, 6) is 0.117. The van der Waals surface area contributed by atoms with Gasteiger partial charge in [0.1, 0.15) is 0 Å². The van der Waals surface area contributed by atoms with E-state index in [0.29, 0.717) is 0 Å². The molecule has 2 aliphatic heterocycles. The number of carbonyl (C=O) groups excluding carboxylic acids is 1. The lowest BCUT2D eigenvalue weighted by atomic mass is 10.0. The normalized spacial score (nSPS) is 17.1. The van der Waals surface area contributed by atoms with Crippen molar-refractivity contribution >= 4 is 39.8 Å². The van der Waals surface area contributed by atoms with Gasteiger partial charge in [-0.1, -0.05) is 35.9 Å². The predicted molar refractivity (Wildman–Crippen MR) is 132 cm³/mol. The standard InChI is InChI=1S/C26H29ClN4O/c1-19-9-10-20(27)17-24(19)29-13-15-30(16-14-29)25-21-7-3-4-8-23(21)28-18-22(25)26(32)31-11-5-2-6-12-31/h3-4,7-10,17-18H,2,5-6,11-16H2,1H3. The number of aryl methyl sites for hydroxylation is 1. The van der Waals surface area contributed by atoms with Gasteiger partial charge in [0, 0.05) is 61.6 Å². The molecule has 1 amide bonds. The number of para-hydroxylation sites is 1. The Bertz CT molecular complexity index is 1130. The van der Waals surface area contributed by atoms with Crippen LogP contribution in [0.2, 0.25) is 5.02 Å². The molecule has 0 aliphatic carbocycles. The summed E-state index contributed by atoms with van der Waals surface area (Å²) in [5, 5.41) is 1.82. The van der Waals surface area contributed by atoms with E-state index in [1.54, 1.807) is 6.20 Å². The molecule has 0 saturated carbocycles. The van der Waals surface area contributed by atoms with Crippen LogP contribution >= 0.6 is 11.6 Å². The number of likely N-dealkylation sites (tertiary alicyclic amines) is 1. The smallest absolute Gasteiger partial charge is 0.257 e. The number of piperazine rings is 1. The molecular weight excluding hydrogens is 420 g/mol. The van der Waals surface area contributed by atoms with Crippen LogP contribution in [0.25, 0.3) is 10.9 Å². The molecule has 0 radical (unpaired) electrons. The van der Waals surface area contributed by atoms with E-state index >= 15 is 0 Å². The van der Waals surface area contributed by atoms with Crippen molar-refractivity contribution in [1.82, 2.24) is 9.88 Å². The van der Waals surface area contributed by atoms with Gasteiger partial charge in [-0.3, -0.25) is 9.78 Å². The number of anilines is 2. The van der Waals surface area contributed by atoms with E-state index < -0.39 is 0 Å². The topological polar surface area (TPSA) is 39.7 Å². The van der Waals surface area contributed by atoms with Crippen molar-refractivity contribution in [3.63, 3.8) is 0 Å². The summed E-state index contributed by atoms with van der Waals surface area (Å²) < 4.78 is 0. The second-order valence-electron chi connectivity index (χ2n) is 8.80. The zero-order valence-electron chi connectivity index (χ0n) is 18.6. The molecule has 5 nitrogen and oxygen atoms in total. The third-order valence-corrected chi connectivity index (χ3v) is 6.96. The highest BCUT2D eigenvalue weighted by molar-refractivity contribution is 6.30. The van der Waals surface area contributed by atoms with E-state index in [9.17, 15) is 4.79 Å². The molecule has 3 aromatic rings. The Morgan fingerprint density at radius 3 is 2.41 bits per heavy atom.